The molecule has 1 aliphatic heterocycles. The number of carbonyl (C=O) groups is 4. The molecule has 6 heteroatoms. The van der Waals surface area contributed by atoms with Crippen molar-refractivity contribution >= 4 is 23.4 Å². The number of aromatic hydroxyl groups is 1. The fraction of sp³-hybridized carbons (Fsp3) is 0.385. The van der Waals surface area contributed by atoms with Gasteiger partial charge < -0.3 is 5.11 Å². The second-order valence-corrected chi connectivity index (χ2v) is 9.20. The van der Waals surface area contributed by atoms with Crippen LogP contribution < -0.4 is 0 Å². The lowest BCUT2D eigenvalue weighted by atomic mass is 9.59. The Kier molecular flexibility index (Phi) is 4.59. The molecule has 164 valence electrons. The molecule has 1 fully saturated rings. The Morgan fingerprint density at radius 3 is 2.50 bits per heavy atom. The monoisotopic (exact) mass is 431 g/mol. The van der Waals surface area contributed by atoms with E-state index in [1.807, 2.05) is 12.1 Å². The van der Waals surface area contributed by atoms with E-state index in [4.69, 9.17) is 0 Å². The minimum absolute atomic E-state index is 0.142. The molecule has 4 unspecified atom stereocenters. The van der Waals surface area contributed by atoms with E-state index >= 15 is 0 Å². The first-order valence-electron chi connectivity index (χ1n) is 11.1. The van der Waals surface area contributed by atoms with E-state index in [0.29, 0.717) is 41.7 Å². The van der Waals surface area contributed by atoms with Crippen LogP contribution in [0.4, 0.5) is 0 Å². The van der Waals surface area contributed by atoms with Crippen molar-refractivity contribution in [3.8, 4) is 5.75 Å². The van der Waals surface area contributed by atoms with Crippen LogP contribution in [0.15, 0.2) is 52.6 Å². The van der Waals surface area contributed by atoms with Crippen molar-refractivity contribution in [1.82, 2.24) is 4.90 Å². The molecule has 4 atom stereocenters. The van der Waals surface area contributed by atoms with Crippen LogP contribution in [-0.4, -0.2) is 39.9 Å². The minimum Gasteiger partial charge on any atom is -0.508 e. The zero-order valence-electron chi connectivity index (χ0n) is 18.3. The summed E-state index contributed by atoms with van der Waals surface area (Å²) in [5.41, 5.74) is 3.75. The van der Waals surface area contributed by atoms with Gasteiger partial charge in [0.25, 0.3) is 0 Å². The van der Waals surface area contributed by atoms with Crippen molar-refractivity contribution in [2.75, 3.05) is 6.54 Å². The molecule has 1 aromatic rings. The molecule has 0 saturated carbocycles. The first-order chi connectivity index (χ1) is 15.2. The summed E-state index contributed by atoms with van der Waals surface area (Å²) in [6, 6.07) is 5.21. The van der Waals surface area contributed by atoms with Crippen molar-refractivity contribution in [1.29, 1.82) is 0 Å². The maximum Gasteiger partial charge on any atom is 0.233 e. The number of nitrogens with zero attached hydrogens (tertiary/aromatic N) is 1. The van der Waals surface area contributed by atoms with Gasteiger partial charge in [-0.1, -0.05) is 23.8 Å². The summed E-state index contributed by atoms with van der Waals surface area (Å²) in [6.07, 6.45) is 4.14. The highest BCUT2D eigenvalue weighted by Crippen LogP contribution is 2.55. The highest BCUT2D eigenvalue weighted by Gasteiger charge is 2.55. The van der Waals surface area contributed by atoms with E-state index in [0.717, 1.165) is 11.1 Å². The third-order valence-corrected chi connectivity index (χ3v) is 7.53. The number of hydrogen-bond acceptors (Lipinski definition) is 5. The number of fused-ring (bicyclic) bond motifs is 3. The number of hydrogen-bond donors (Lipinski definition) is 1. The molecule has 4 aliphatic rings. The van der Waals surface area contributed by atoms with Gasteiger partial charge in [0.15, 0.2) is 11.6 Å². The van der Waals surface area contributed by atoms with E-state index in [2.05, 4.69) is 0 Å². The number of rotatable bonds is 2. The number of benzene rings is 1. The van der Waals surface area contributed by atoms with Crippen molar-refractivity contribution < 1.29 is 24.3 Å². The molecular formula is C26H25NO5. The number of aryl methyl sites for hydroxylation is 1. The number of amides is 2. The van der Waals surface area contributed by atoms with Crippen molar-refractivity contribution in [2.45, 2.75) is 39.5 Å². The number of phenolic OH excluding ortho intramolecular Hbond substituents is 1. The van der Waals surface area contributed by atoms with Crippen LogP contribution in [-0.2, 0) is 19.2 Å². The molecule has 0 aromatic heterocycles. The first-order valence-corrected chi connectivity index (χ1v) is 11.1. The van der Waals surface area contributed by atoms with E-state index in [1.54, 1.807) is 32.9 Å². The quantitative estimate of drug-likeness (QED) is 0.441. The lowest BCUT2D eigenvalue weighted by molar-refractivity contribution is -0.139. The molecule has 2 amide bonds. The largest absolute Gasteiger partial charge is 0.508 e. The number of allylic oxidation sites excluding steroid dienone is 6. The first kappa shape index (κ1) is 20.6. The molecule has 0 spiro atoms. The molecule has 1 N–H and O–H groups in total. The van der Waals surface area contributed by atoms with Crippen LogP contribution >= 0.6 is 0 Å². The lowest BCUT2D eigenvalue weighted by Gasteiger charge is -2.42. The Bertz CT molecular complexity index is 1200. The Morgan fingerprint density at radius 1 is 1.06 bits per heavy atom. The SMILES string of the molecule is CCN1C(=O)C2CC=C3C(c4ccc(O)c(C)c4)C4=C(CC3C2C1=O)C(=O)C=C(C)C4=O. The maximum atomic E-state index is 13.3. The maximum absolute atomic E-state index is 13.3. The predicted octanol–water partition coefficient (Wildman–Crippen LogP) is 3.15. The van der Waals surface area contributed by atoms with Gasteiger partial charge in [-0.3, -0.25) is 24.1 Å². The second-order valence-electron chi connectivity index (χ2n) is 9.20. The zero-order chi connectivity index (χ0) is 22.9. The van der Waals surface area contributed by atoms with E-state index < -0.39 is 17.8 Å². The summed E-state index contributed by atoms with van der Waals surface area (Å²) in [5, 5.41) is 10.0. The number of carbonyl (C=O) groups excluding carboxylic acids is 4. The summed E-state index contributed by atoms with van der Waals surface area (Å²) in [5.74, 6) is -2.19. The number of likely N-dealkylation sites (tertiary alicyclic amines) is 1. The van der Waals surface area contributed by atoms with Gasteiger partial charge in [0, 0.05) is 29.2 Å². The van der Waals surface area contributed by atoms with Gasteiger partial charge in [0.05, 0.1) is 11.8 Å². The van der Waals surface area contributed by atoms with Crippen molar-refractivity contribution in [3.05, 3.63) is 63.8 Å². The number of phenols is 1. The average molecular weight is 431 g/mol. The predicted molar refractivity (Wildman–Crippen MR) is 117 cm³/mol. The molecule has 6 nitrogen and oxygen atoms in total. The minimum atomic E-state index is -0.507. The van der Waals surface area contributed by atoms with E-state index in [9.17, 15) is 24.3 Å². The summed E-state index contributed by atoms with van der Waals surface area (Å²) >= 11 is 0. The van der Waals surface area contributed by atoms with Crippen LogP contribution in [0, 0.1) is 24.7 Å². The van der Waals surface area contributed by atoms with Gasteiger partial charge in [-0.05, 0) is 62.8 Å². The number of imide groups is 1. The summed E-state index contributed by atoms with van der Waals surface area (Å²) in [7, 11) is 0. The highest BCUT2D eigenvalue weighted by molar-refractivity contribution is 6.23. The van der Waals surface area contributed by atoms with Crippen LogP contribution in [0.1, 0.15) is 43.7 Å². The lowest BCUT2D eigenvalue weighted by Crippen LogP contribution is -2.39. The van der Waals surface area contributed by atoms with Gasteiger partial charge in [0.2, 0.25) is 11.8 Å². The molecule has 0 radical (unpaired) electrons. The van der Waals surface area contributed by atoms with E-state index in [1.165, 1.54) is 11.0 Å². The van der Waals surface area contributed by atoms with Crippen molar-refractivity contribution in [3.63, 3.8) is 0 Å². The molecule has 1 saturated heterocycles. The van der Waals surface area contributed by atoms with Crippen LogP contribution in [0.25, 0.3) is 0 Å². The zero-order valence-corrected chi connectivity index (χ0v) is 18.3. The average Bonchev–Trinajstić information content (AvgIpc) is 3.02. The van der Waals surface area contributed by atoms with Gasteiger partial charge in [-0.15, -0.1) is 0 Å². The molecular weight excluding hydrogens is 406 g/mol. The Labute approximate surface area is 186 Å². The van der Waals surface area contributed by atoms with Crippen LogP contribution in [0.5, 0.6) is 5.75 Å². The van der Waals surface area contributed by atoms with Crippen molar-refractivity contribution in [2.24, 2.45) is 17.8 Å². The molecule has 1 heterocycles. The Morgan fingerprint density at radius 2 is 1.81 bits per heavy atom. The number of ketones is 2. The Balaban J connectivity index is 1.71. The molecule has 32 heavy (non-hydrogen) atoms. The van der Waals surface area contributed by atoms with Crippen LogP contribution in [0.3, 0.4) is 0 Å². The molecule has 5 rings (SSSR count). The standard InChI is InChI=1S/C26H25NO5/c1-4-27-25(31)16-7-6-15-17(22(16)26(27)32)11-18-20(29)10-13(3)24(30)23(18)21(15)14-5-8-19(28)12(2)9-14/h5-6,8-10,16-17,21-22,28H,4,7,11H2,1-3H3. The number of Topliss-reactive ketones (excluding diaryl/α,β-unsaturated/α-hetero) is 1. The summed E-state index contributed by atoms with van der Waals surface area (Å²) in [6.45, 7) is 5.57. The fourth-order valence-corrected chi connectivity index (χ4v) is 5.98. The van der Waals surface area contributed by atoms with Gasteiger partial charge in [-0.2, -0.15) is 0 Å². The smallest absolute Gasteiger partial charge is 0.233 e. The summed E-state index contributed by atoms with van der Waals surface area (Å²) < 4.78 is 0. The molecule has 3 aliphatic carbocycles. The molecule has 1 aromatic carbocycles. The Hall–Kier alpha value is -3.28. The topological polar surface area (TPSA) is 91.8 Å². The second kappa shape index (κ2) is 7.12. The third-order valence-electron chi connectivity index (χ3n) is 7.53. The third kappa shape index (κ3) is 2.71. The van der Waals surface area contributed by atoms with E-state index in [-0.39, 0.29) is 35.0 Å². The van der Waals surface area contributed by atoms with Gasteiger partial charge >= 0.3 is 0 Å². The van der Waals surface area contributed by atoms with Crippen LogP contribution in [0.2, 0.25) is 0 Å². The van der Waals surface area contributed by atoms with Gasteiger partial charge in [0.1, 0.15) is 5.75 Å². The normalized spacial score (nSPS) is 29.5. The molecule has 0 bridgehead atoms. The fourth-order valence-electron chi connectivity index (χ4n) is 5.98. The highest BCUT2D eigenvalue weighted by atomic mass is 16.3. The van der Waals surface area contributed by atoms with Gasteiger partial charge in [-0.25, -0.2) is 0 Å². The summed E-state index contributed by atoms with van der Waals surface area (Å²) in [4.78, 5) is 53.6.